The van der Waals surface area contributed by atoms with Gasteiger partial charge in [0.1, 0.15) is 0 Å². The number of carbonyl (C=O) groups is 1. The van der Waals surface area contributed by atoms with Gasteiger partial charge in [0, 0.05) is 38.6 Å². The van der Waals surface area contributed by atoms with Gasteiger partial charge < -0.3 is 9.47 Å². The number of imidazole rings is 1. The van der Waals surface area contributed by atoms with Gasteiger partial charge in [0.25, 0.3) is 0 Å². The summed E-state index contributed by atoms with van der Waals surface area (Å²) in [5.41, 5.74) is 8.98. The number of hydrogen-bond acceptors (Lipinski definition) is 4. The van der Waals surface area contributed by atoms with Crippen LogP contribution >= 0.6 is 0 Å². The minimum absolute atomic E-state index is 0.196. The third-order valence-electron chi connectivity index (χ3n) is 6.03. The number of benzene rings is 1. The van der Waals surface area contributed by atoms with Crippen LogP contribution < -0.4 is 10.9 Å². The van der Waals surface area contributed by atoms with Gasteiger partial charge in [-0.3, -0.25) is 15.6 Å². The fourth-order valence-electron chi connectivity index (χ4n) is 4.49. The SMILES string of the molecule is CN(CC1NNC2CCCCCC21)C(=O)CCn1cnc2ccccc21. The van der Waals surface area contributed by atoms with Crippen molar-refractivity contribution in [3.8, 4) is 0 Å². The molecule has 1 amide bonds. The number of hydrogen-bond donors (Lipinski definition) is 2. The fourth-order valence-corrected chi connectivity index (χ4v) is 4.49. The van der Waals surface area contributed by atoms with Crippen LogP contribution in [0.2, 0.25) is 0 Å². The van der Waals surface area contributed by atoms with Crippen molar-refractivity contribution in [3.63, 3.8) is 0 Å². The quantitative estimate of drug-likeness (QED) is 0.864. The van der Waals surface area contributed by atoms with Gasteiger partial charge in [-0.1, -0.05) is 31.4 Å². The summed E-state index contributed by atoms with van der Waals surface area (Å²) in [5, 5.41) is 0. The monoisotopic (exact) mass is 355 g/mol. The smallest absolute Gasteiger partial charge is 0.224 e. The number of para-hydroxylation sites is 2. The normalized spacial score (nSPS) is 25.8. The summed E-state index contributed by atoms with van der Waals surface area (Å²) in [7, 11) is 1.93. The molecule has 140 valence electrons. The first-order valence-corrected chi connectivity index (χ1v) is 9.87. The highest BCUT2D eigenvalue weighted by atomic mass is 16.2. The Labute approximate surface area is 154 Å². The number of likely N-dealkylation sites (N-methyl/N-ethyl adjacent to an activating group) is 1. The molecule has 2 fully saturated rings. The molecular formula is C20H29N5O. The van der Waals surface area contributed by atoms with Crippen LogP contribution in [0, 0.1) is 5.92 Å². The molecule has 1 aliphatic carbocycles. The van der Waals surface area contributed by atoms with Crippen molar-refractivity contribution < 1.29 is 4.79 Å². The highest BCUT2D eigenvalue weighted by Crippen LogP contribution is 2.29. The molecule has 0 spiro atoms. The van der Waals surface area contributed by atoms with Crippen LogP contribution in [0.15, 0.2) is 30.6 Å². The second-order valence-corrected chi connectivity index (χ2v) is 7.75. The minimum atomic E-state index is 0.196. The number of aryl methyl sites for hydroxylation is 1. The van der Waals surface area contributed by atoms with Gasteiger partial charge in [-0.2, -0.15) is 0 Å². The third kappa shape index (κ3) is 3.62. The first-order chi connectivity index (χ1) is 12.7. The van der Waals surface area contributed by atoms with Gasteiger partial charge in [-0.25, -0.2) is 4.98 Å². The number of carbonyl (C=O) groups excluding carboxylic acids is 1. The molecule has 2 N–H and O–H groups in total. The van der Waals surface area contributed by atoms with E-state index in [-0.39, 0.29) is 5.91 Å². The lowest BCUT2D eigenvalue weighted by Crippen LogP contribution is -2.43. The van der Waals surface area contributed by atoms with Gasteiger partial charge in [0.2, 0.25) is 5.91 Å². The van der Waals surface area contributed by atoms with Gasteiger partial charge in [-0.15, -0.1) is 0 Å². The number of hydrazine groups is 1. The van der Waals surface area contributed by atoms with Crippen LogP contribution in [0.25, 0.3) is 11.0 Å². The highest BCUT2D eigenvalue weighted by molar-refractivity contribution is 5.77. The summed E-state index contributed by atoms with van der Waals surface area (Å²) in [4.78, 5) is 18.9. The molecule has 6 nitrogen and oxygen atoms in total. The number of fused-ring (bicyclic) bond motifs is 2. The topological polar surface area (TPSA) is 62.2 Å². The maximum absolute atomic E-state index is 12.6. The Morgan fingerprint density at radius 3 is 3.00 bits per heavy atom. The fraction of sp³-hybridized carbons (Fsp3) is 0.600. The van der Waals surface area contributed by atoms with Crippen LogP contribution in [0.1, 0.15) is 38.5 Å². The molecule has 1 aliphatic heterocycles. The van der Waals surface area contributed by atoms with Crippen LogP contribution in [0.3, 0.4) is 0 Å². The Bertz CT molecular complexity index is 757. The standard InChI is InChI=1S/C20H29N5O/c1-24(13-18-15-7-3-2-4-8-16(15)22-23-18)20(26)11-12-25-14-21-17-9-5-6-10-19(17)25/h5-6,9-10,14-16,18,22-23H,2-4,7-8,11-13H2,1H3. The molecule has 3 unspecified atom stereocenters. The number of aromatic nitrogens is 2. The maximum Gasteiger partial charge on any atom is 0.224 e. The average Bonchev–Trinajstić information content (AvgIpc) is 3.15. The first kappa shape index (κ1) is 17.5. The lowest BCUT2D eigenvalue weighted by Gasteiger charge is -2.26. The van der Waals surface area contributed by atoms with E-state index in [1.54, 1.807) is 0 Å². The highest BCUT2D eigenvalue weighted by Gasteiger charge is 2.36. The summed E-state index contributed by atoms with van der Waals surface area (Å²) in [6, 6.07) is 8.99. The summed E-state index contributed by atoms with van der Waals surface area (Å²) >= 11 is 0. The molecular weight excluding hydrogens is 326 g/mol. The Balaban J connectivity index is 1.32. The summed E-state index contributed by atoms with van der Waals surface area (Å²) < 4.78 is 2.07. The van der Waals surface area contributed by atoms with Gasteiger partial charge in [-0.05, 0) is 30.9 Å². The van der Waals surface area contributed by atoms with Crippen molar-refractivity contribution in [1.82, 2.24) is 25.3 Å². The van der Waals surface area contributed by atoms with E-state index in [4.69, 9.17) is 0 Å². The largest absolute Gasteiger partial charge is 0.344 e. The zero-order valence-corrected chi connectivity index (χ0v) is 15.5. The lowest BCUT2D eigenvalue weighted by molar-refractivity contribution is -0.130. The van der Waals surface area contributed by atoms with Crippen molar-refractivity contribution in [2.24, 2.45) is 5.92 Å². The molecule has 1 saturated carbocycles. The van der Waals surface area contributed by atoms with E-state index in [2.05, 4.69) is 26.5 Å². The summed E-state index contributed by atoms with van der Waals surface area (Å²) in [5.74, 6) is 0.840. The summed E-state index contributed by atoms with van der Waals surface area (Å²) in [6.45, 7) is 1.45. The predicted molar refractivity (Wildman–Crippen MR) is 102 cm³/mol. The van der Waals surface area contributed by atoms with Crippen molar-refractivity contribution in [2.45, 2.75) is 57.2 Å². The molecule has 26 heavy (non-hydrogen) atoms. The van der Waals surface area contributed by atoms with E-state index in [9.17, 15) is 4.79 Å². The molecule has 1 saturated heterocycles. The van der Waals surface area contributed by atoms with Gasteiger partial charge in [0.15, 0.2) is 0 Å². The van der Waals surface area contributed by atoms with E-state index in [0.717, 1.165) is 17.6 Å². The molecule has 0 radical (unpaired) electrons. The van der Waals surface area contributed by atoms with Crippen LogP contribution in [-0.2, 0) is 11.3 Å². The second kappa shape index (κ2) is 7.76. The van der Waals surface area contributed by atoms with E-state index in [1.807, 2.05) is 36.5 Å². The van der Waals surface area contributed by atoms with Crippen LogP contribution in [-0.4, -0.2) is 46.0 Å². The molecule has 1 aromatic carbocycles. The molecule has 0 bridgehead atoms. The van der Waals surface area contributed by atoms with Crippen molar-refractivity contribution in [3.05, 3.63) is 30.6 Å². The zero-order valence-electron chi connectivity index (χ0n) is 15.5. The van der Waals surface area contributed by atoms with E-state index < -0.39 is 0 Å². The molecule has 6 heteroatoms. The molecule has 1 aromatic heterocycles. The van der Waals surface area contributed by atoms with E-state index in [1.165, 1.54) is 32.1 Å². The minimum Gasteiger partial charge on any atom is -0.344 e. The lowest BCUT2D eigenvalue weighted by atomic mass is 9.90. The summed E-state index contributed by atoms with van der Waals surface area (Å²) in [6.07, 6.45) is 8.82. The molecule has 3 atom stereocenters. The Morgan fingerprint density at radius 2 is 2.08 bits per heavy atom. The van der Waals surface area contributed by atoms with Crippen LogP contribution in [0.4, 0.5) is 0 Å². The van der Waals surface area contributed by atoms with Gasteiger partial charge >= 0.3 is 0 Å². The maximum atomic E-state index is 12.6. The zero-order chi connectivity index (χ0) is 17.9. The molecule has 4 rings (SSSR count). The van der Waals surface area contributed by atoms with E-state index in [0.29, 0.717) is 31.0 Å². The van der Waals surface area contributed by atoms with Crippen molar-refractivity contribution >= 4 is 16.9 Å². The number of amides is 1. The first-order valence-electron chi connectivity index (χ1n) is 9.87. The number of nitrogens with one attached hydrogen (secondary N) is 2. The Kier molecular flexibility index (Phi) is 5.22. The average molecular weight is 355 g/mol. The number of nitrogens with zero attached hydrogens (tertiary/aromatic N) is 3. The van der Waals surface area contributed by atoms with Crippen molar-refractivity contribution in [1.29, 1.82) is 0 Å². The molecule has 2 aliphatic rings. The Hall–Kier alpha value is -1.92. The van der Waals surface area contributed by atoms with E-state index >= 15 is 0 Å². The van der Waals surface area contributed by atoms with Crippen molar-refractivity contribution in [2.75, 3.05) is 13.6 Å². The van der Waals surface area contributed by atoms with Gasteiger partial charge in [0.05, 0.1) is 17.4 Å². The molecule has 2 aromatic rings. The van der Waals surface area contributed by atoms with Crippen LogP contribution in [0.5, 0.6) is 0 Å². The predicted octanol–water partition coefficient (Wildman–Crippen LogP) is 2.31. The third-order valence-corrected chi connectivity index (χ3v) is 6.03. The Morgan fingerprint density at radius 1 is 1.23 bits per heavy atom. The second-order valence-electron chi connectivity index (χ2n) is 7.75. The molecule has 2 heterocycles. The number of rotatable bonds is 5.